The molecule has 0 fully saturated rings. The van der Waals surface area contributed by atoms with Gasteiger partial charge in [-0.1, -0.05) is 64.9 Å². The molecule has 0 saturated heterocycles. The Morgan fingerprint density at radius 2 is 1.41 bits per heavy atom. The Balaban J connectivity index is 3.08. The zero-order valence-corrected chi connectivity index (χ0v) is 11.3. The summed E-state index contributed by atoms with van der Waals surface area (Å²) in [4.78, 5) is 11.1. The van der Waals surface area contributed by atoms with E-state index in [9.17, 15) is 4.79 Å². The van der Waals surface area contributed by atoms with E-state index in [1.165, 1.54) is 38.5 Å². The van der Waals surface area contributed by atoms with Gasteiger partial charge in [0.2, 0.25) is 0 Å². The third-order valence-corrected chi connectivity index (χ3v) is 2.73. The summed E-state index contributed by atoms with van der Waals surface area (Å²) in [7, 11) is 0. The summed E-state index contributed by atoms with van der Waals surface area (Å²) < 4.78 is 5.02. The molecule has 0 bridgehead atoms. The minimum atomic E-state index is -0.266. The summed E-state index contributed by atoms with van der Waals surface area (Å²) in [6, 6.07) is 0. The Kier molecular flexibility index (Phi) is 11.1. The van der Waals surface area contributed by atoms with Crippen LogP contribution >= 0.6 is 0 Å². The van der Waals surface area contributed by atoms with Gasteiger partial charge >= 0.3 is 5.97 Å². The average molecular weight is 239 g/mol. The molecule has 0 saturated carbocycles. The Morgan fingerprint density at radius 1 is 0.941 bits per heavy atom. The lowest BCUT2D eigenvalue weighted by atomic mass is 10.1. The molecule has 1 radical (unpaired) electrons. The fourth-order valence-electron chi connectivity index (χ4n) is 1.63. The number of hydrogen-bond donors (Lipinski definition) is 0. The van der Waals surface area contributed by atoms with Gasteiger partial charge in [0, 0.05) is 5.57 Å². The first kappa shape index (κ1) is 16.2. The lowest BCUT2D eigenvalue weighted by molar-refractivity contribution is -0.139. The molecule has 0 heterocycles. The van der Waals surface area contributed by atoms with E-state index in [1.54, 1.807) is 6.92 Å². The average Bonchev–Trinajstić information content (AvgIpc) is 2.31. The van der Waals surface area contributed by atoms with Crippen molar-refractivity contribution in [3.05, 3.63) is 19.1 Å². The number of esters is 1. The van der Waals surface area contributed by atoms with Gasteiger partial charge in [-0.3, -0.25) is 0 Å². The number of rotatable bonds is 11. The fourth-order valence-corrected chi connectivity index (χ4v) is 1.63. The summed E-state index contributed by atoms with van der Waals surface area (Å²) in [5, 5.41) is 0. The van der Waals surface area contributed by atoms with Crippen molar-refractivity contribution in [3.8, 4) is 0 Å². The number of ether oxygens (including phenoxy) is 1. The van der Waals surface area contributed by atoms with Crippen LogP contribution in [0.3, 0.4) is 0 Å². The third kappa shape index (κ3) is 11.5. The molecule has 0 atom stereocenters. The first-order chi connectivity index (χ1) is 8.18. The third-order valence-electron chi connectivity index (χ3n) is 2.73. The molecule has 0 aliphatic rings. The Morgan fingerprint density at radius 3 is 1.88 bits per heavy atom. The highest BCUT2D eigenvalue weighted by Gasteiger charge is 2.01. The van der Waals surface area contributed by atoms with Gasteiger partial charge in [0.1, 0.15) is 0 Å². The summed E-state index contributed by atoms with van der Waals surface area (Å²) in [6.07, 6.45) is 11.0. The van der Waals surface area contributed by atoms with E-state index in [1.807, 2.05) is 0 Å². The van der Waals surface area contributed by atoms with E-state index in [4.69, 9.17) is 4.74 Å². The molecule has 0 aliphatic heterocycles. The molecule has 0 unspecified atom stereocenters. The van der Waals surface area contributed by atoms with Crippen molar-refractivity contribution in [2.45, 2.75) is 64.7 Å². The van der Waals surface area contributed by atoms with Crippen LogP contribution in [-0.2, 0) is 9.53 Å². The Bertz CT molecular complexity index is 209. The molecule has 0 amide bonds. The van der Waals surface area contributed by atoms with Crippen LogP contribution in [0.1, 0.15) is 64.7 Å². The van der Waals surface area contributed by atoms with Crippen LogP contribution in [0.25, 0.3) is 0 Å². The molecule has 99 valence electrons. The molecule has 0 rings (SSSR count). The van der Waals surface area contributed by atoms with E-state index in [0.29, 0.717) is 12.2 Å². The minimum Gasteiger partial charge on any atom is -0.462 e. The molecule has 2 nitrogen and oxygen atoms in total. The molecule has 0 aromatic heterocycles. The monoisotopic (exact) mass is 239 g/mol. The largest absolute Gasteiger partial charge is 0.462 e. The van der Waals surface area contributed by atoms with Crippen molar-refractivity contribution in [2.24, 2.45) is 0 Å². The zero-order chi connectivity index (χ0) is 12.9. The summed E-state index contributed by atoms with van der Waals surface area (Å²) >= 11 is 0. The molecule has 0 spiro atoms. The van der Waals surface area contributed by atoms with Crippen LogP contribution < -0.4 is 0 Å². The van der Waals surface area contributed by atoms with Crippen molar-refractivity contribution < 1.29 is 9.53 Å². The predicted molar refractivity (Wildman–Crippen MR) is 72.7 cm³/mol. The molecular formula is C15H27O2. The van der Waals surface area contributed by atoms with Crippen molar-refractivity contribution in [3.63, 3.8) is 0 Å². The number of carbonyl (C=O) groups is 1. The van der Waals surface area contributed by atoms with Crippen molar-refractivity contribution in [1.29, 1.82) is 0 Å². The first-order valence-electron chi connectivity index (χ1n) is 6.80. The highest BCUT2D eigenvalue weighted by atomic mass is 16.5. The summed E-state index contributed by atoms with van der Waals surface area (Å²) in [6.45, 7) is 9.58. The maximum atomic E-state index is 11.1. The lowest BCUT2D eigenvalue weighted by Gasteiger charge is -2.04. The van der Waals surface area contributed by atoms with E-state index >= 15 is 0 Å². The smallest absolute Gasteiger partial charge is 0.333 e. The second-order valence-corrected chi connectivity index (χ2v) is 4.60. The van der Waals surface area contributed by atoms with Gasteiger partial charge in [0.15, 0.2) is 0 Å². The number of hydrogen-bond acceptors (Lipinski definition) is 2. The molecule has 2 heteroatoms. The van der Waals surface area contributed by atoms with E-state index in [2.05, 4.69) is 13.5 Å². The van der Waals surface area contributed by atoms with Gasteiger partial charge in [-0.05, 0) is 13.3 Å². The van der Waals surface area contributed by atoms with Crippen LogP contribution in [0, 0.1) is 6.92 Å². The molecule has 17 heavy (non-hydrogen) atoms. The summed E-state index contributed by atoms with van der Waals surface area (Å²) in [5.74, 6) is -0.266. The summed E-state index contributed by atoms with van der Waals surface area (Å²) in [5.41, 5.74) is 0.482. The number of unbranched alkanes of at least 4 members (excludes halogenated alkanes) is 8. The van der Waals surface area contributed by atoms with Gasteiger partial charge in [0.05, 0.1) is 6.61 Å². The highest BCUT2D eigenvalue weighted by Crippen LogP contribution is 2.09. The molecule has 0 N–H and O–H groups in total. The van der Waals surface area contributed by atoms with Crippen molar-refractivity contribution in [1.82, 2.24) is 0 Å². The van der Waals surface area contributed by atoms with Crippen LogP contribution in [-0.4, -0.2) is 12.6 Å². The molecule has 0 aromatic carbocycles. The van der Waals surface area contributed by atoms with E-state index < -0.39 is 0 Å². The van der Waals surface area contributed by atoms with Gasteiger partial charge in [-0.25, -0.2) is 4.79 Å². The van der Waals surface area contributed by atoms with Gasteiger partial charge in [0.25, 0.3) is 0 Å². The van der Waals surface area contributed by atoms with Crippen molar-refractivity contribution >= 4 is 5.97 Å². The fraction of sp³-hybridized carbons (Fsp3) is 0.733. The highest BCUT2D eigenvalue weighted by molar-refractivity contribution is 5.86. The van der Waals surface area contributed by atoms with Gasteiger partial charge in [-0.15, -0.1) is 0 Å². The van der Waals surface area contributed by atoms with Crippen LogP contribution in [0.15, 0.2) is 12.2 Å². The van der Waals surface area contributed by atoms with Gasteiger partial charge in [-0.2, -0.15) is 0 Å². The topological polar surface area (TPSA) is 26.3 Å². The van der Waals surface area contributed by atoms with Crippen LogP contribution in [0.4, 0.5) is 0 Å². The van der Waals surface area contributed by atoms with Crippen LogP contribution in [0.2, 0.25) is 0 Å². The normalized spacial score (nSPS) is 10.2. The lowest BCUT2D eigenvalue weighted by Crippen LogP contribution is -2.05. The quantitative estimate of drug-likeness (QED) is 0.302. The maximum Gasteiger partial charge on any atom is 0.333 e. The van der Waals surface area contributed by atoms with E-state index in [-0.39, 0.29) is 5.97 Å². The standard InChI is InChI=1S/C15H27O2/c1-4-5-6-7-8-9-10-11-12-13-17-15(16)14(2)3/h1-2,4-13H2,3H3. The van der Waals surface area contributed by atoms with Gasteiger partial charge < -0.3 is 4.74 Å². The number of carbonyl (C=O) groups excluding carboxylic acids is 1. The predicted octanol–water partition coefficient (Wildman–Crippen LogP) is 4.45. The molecular weight excluding hydrogens is 212 g/mol. The Labute approximate surface area is 106 Å². The molecule has 0 aromatic rings. The van der Waals surface area contributed by atoms with Crippen LogP contribution in [0.5, 0.6) is 0 Å². The molecule has 0 aliphatic carbocycles. The maximum absolute atomic E-state index is 11.1. The SMILES string of the molecule is [CH2]CCCCCCCCCCOC(=O)C(=C)C. The Hall–Kier alpha value is -0.790. The van der Waals surface area contributed by atoms with E-state index in [0.717, 1.165) is 19.3 Å². The first-order valence-corrected chi connectivity index (χ1v) is 6.80. The second-order valence-electron chi connectivity index (χ2n) is 4.60. The second kappa shape index (κ2) is 11.7. The zero-order valence-electron chi connectivity index (χ0n) is 11.3. The minimum absolute atomic E-state index is 0.266. The van der Waals surface area contributed by atoms with Crippen molar-refractivity contribution in [2.75, 3.05) is 6.61 Å².